The summed E-state index contributed by atoms with van der Waals surface area (Å²) in [5, 5.41) is 19.5. The highest BCUT2D eigenvalue weighted by Gasteiger charge is 2.27. The molecule has 0 radical (unpaired) electrons. The zero-order chi connectivity index (χ0) is 20.5. The van der Waals surface area contributed by atoms with Gasteiger partial charge < -0.3 is 14.4 Å². The molecular formula is C20H18N2O5S. The Morgan fingerprint density at radius 3 is 2.54 bits per heavy atom. The molecule has 28 heavy (non-hydrogen) atoms. The predicted octanol–water partition coefficient (Wildman–Crippen LogP) is 2.91. The maximum atomic E-state index is 12.9. The van der Waals surface area contributed by atoms with E-state index in [0.29, 0.717) is 10.9 Å². The molecule has 144 valence electrons. The fourth-order valence-electron chi connectivity index (χ4n) is 3.10. The van der Waals surface area contributed by atoms with E-state index in [4.69, 9.17) is 10.00 Å². The van der Waals surface area contributed by atoms with E-state index in [-0.39, 0.29) is 34.1 Å². The van der Waals surface area contributed by atoms with E-state index in [1.165, 1.54) is 24.3 Å². The SMILES string of the molecule is CCOC(=O)c1c(CS(=O)(=O)c2ccccc2)n(C)c2cc(C#N)c(O)cc12. The van der Waals surface area contributed by atoms with Crippen molar-refractivity contribution in [3.05, 3.63) is 59.3 Å². The summed E-state index contributed by atoms with van der Waals surface area (Å²) in [6, 6.07) is 12.5. The Morgan fingerprint density at radius 1 is 1.25 bits per heavy atom. The minimum absolute atomic E-state index is 0.0287. The van der Waals surface area contributed by atoms with Crippen molar-refractivity contribution in [2.75, 3.05) is 6.61 Å². The molecule has 1 heterocycles. The van der Waals surface area contributed by atoms with E-state index in [9.17, 15) is 18.3 Å². The Hall–Kier alpha value is -3.31. The van der Waals surface area contributed by atoms with Gasteiger partial charge >= 0.3 is 5.97 Å². The van der Waals surface area contributed by atoms with E-state index in [1.807, 2.05) is 6.07 Å². The first kappa shape index (κ1) is 19.5. The standard InChI is InChI=1S/C20H18N2O5S/c1-3-27-20(24)19-15-10-18(23)13(11-21)9-16(15)22(2)17(19)12-28(25,26)14-7-5-4-6-8-14/h4-10,23H,3,12H2,1-2H3. The third-order valence-electron chi connectivity index (χ3n) is 4.47. The number of nitriles is 1. The van der Waals surface area contributed by atoms with Gasteiger partial charge in [-0.1, -0.05) is 18.2 Å². The number of sulfone groups is 1. The van der Waals surface area contributed by atoms with Crippen LogP contribution in [0.5, 0.6) is 5.75 Å². The van der Waals surface area contributed by atoms with Gasteiger partial charge in [0.05, 0.1) is 33.9 Å². The average molecular weight is 398 g/mol. The lowest BCUT2D eigenvalue weighted by Crippen LogP contribution is -2.13. The van der Waals surface area contributed by atoms with E-state index in [1.54, 1.807) is 36.7 Å². The van der Waals surface area contributed by atoms with E-state index in [2.05, 4.69) is 0 Å². The molecule has 0 saturated heterocycles. The van der Waals surface area contributed by atoms with E-state index < -0.39 is 21.6 Å². The maximum absolute atomic E-state index is 12.9. The summed E-state index contributed by atoms with van der Waals surface area (Å²) in [6.07, 6.45) is 0. The number of aromatic hydroxyl groups is 1. The molecule has 0 spiro atoms. The van der Waals surface area contributed by atoms with Crippen LogP contribution in [-0.4, -0.2) is 30.7 Å². The molecule has 1 N–H and O–H groups in total. The molecular weight excluding hydrogens is 380 g/mol. The number of nitrogens with zero attached hydrogens (tertiary/aromatic N) is 2. The monoisotopic (exact) mass is 398 g/mol. The fourth-order valence-corrected chi connectivity index (χ4v) is 4.54. The van der Waals surface area contributed by atoms with Crippen LogP contribution in [0.2, 0.25) is 0 Å². The second-order valence-corrected chi connectivity index (χ2v) is 8.16. The van der Waals surface area contributed by atoms with Crippen molar-refractivity contribution in [3.8, 4) is 11.8 Å². The number of hydrogen-bond donors (Lipinski definition) is 1. The van der Waals surface area contributed by atoms with E-state index >= 15 is 0 Å². The van der Waals surface area contributed by atoms with Crippen LogP contribution in [-0.2, 0) is 27.4 Å². The molecule has 0 aliphatic carbocycles. The molecule has 1 aromatic heterocycles. The van der Waals surface area contributed by atoms with Gasteiger partial charge in [-0.25, -0.2) is 13.2 Å². The largest absolute Gasteiger partial charge is 0.507 e. The smallest absolute Gasteiger partial charge is 0.340 e. The number of benzene rings is 2. The second-order valence-electron chi connectivity index (χ2n) is 6.17. The third-order valence-corrected chi connectivity index (χ3v) is 6.11. The zero-order valence-corrected chi connectivity index (χ0v) is 16.2. The number of aromatic nitrogens is 1. The van der Waals surface area contributed by atoms with Crippen molar-refractivity contribution in [2.45, 2.75) is 17.6 Å². The average Bonchev–Trinajstić information content (AvgIpc) is 2.92. The van der Waals surface area contributed by atoms with Crippen LogP contribution >= 0.6 is 0 Å². The van der Waals surface area contributed by atoms with Gasteiger partial charge in [0.15, 0.2) is 9.84 Å². The first-order chi connectivity index (χ1) is 13.3. The summed E-state index contributed by atoms with van der Waals surface area (Å²) in [5.41, 5.74) is 0.780. The van der Waals surface area contributed by atoms with Gasteiger partial charge in [0.25, 0.3) is 0 Å². The number of ether oxygens (including phenoxy) is 1. The molecule has 0 fully saturated rings. The lowest BCUT2D eigenvalue weighted by molar-refractivity contribution is 0.0527. The Bertz CT molecular complexity index is 1210. The Kier molecular flexibility index (Phi) is 5.12. The molecule has 2 aromatic carbocycles. The van der Waals surface area contributed by atoms with Crippen LogP contribution in [0.1, 0.15) is 28.5 Å². The number of aryl methyl sites for hydroxylation is 1. The van der Waals surface area contributed by atoms with E-state index in [0.717, 1.165) is 0 Å². The fraction of sp³-hybridized carbons (Fsp3) is 0.200. The summed E-state index contributed by atoms with van der Waals surface area (Å²) in [7, 11) is -2.13. The quantitative estimate of drug-likeness (QED) is 0.662. The number of phenolic OH excluding ortho intramolecular Hbond substituents is 1. The van der Waals surface area contributed by atoms with Crippen LogP contribution < -0.4 is 0 Å². The van der Waals surface area contributed by atoms with Crippen molar-refractivity contribution in [3.63, 3.8) is 0 Å². The van der Waals surface area contributed by atoms with Gasteiger partial charge in [-0.3, -0.25) is 0 Å². The van der Waals surface area contributed by atoms with Crippen LogP contribution in [0.15, 0.2) is 47.4 Å². The molecule has 3 rings (SSSR count). The minimum atomic E-state index is -3.74. The van der Waals surface area contributed by atoms with Crippen LogP contribution in [0.4, 0.5) is 0 Å². The molecule has 0 unspecified atom stereocenters. The molecule has 3 aromatic rings. The zero-order valence-electron chi connectivity index (χ0n) is 15.3. The Balaban J connectivity index is 2.26. The Morgan fingerprint density at radius 2 is 1.93 bits per heavy atom. The third kappa shape index (κ3) is 3.32. The summed E-state index contributed by atoms with van der Waals surface area (Å²) in [4.78, 5) is 12.7. The summed E-state index contributed by atoms with van der Waals surface area (Å²) in [5.74, 6) is -1.40. The van der Waals surface area contributed by atoms with Crippen LogP contribution in [0, 0.1) is 11.3 Å². The molecule has 7 nitrogen and oxygen atoms in total. The topological polar surface area (TPSA) is 109 Å². The first-order valence-electron chi connectivity index (χ1n) is 8.49. The Labute approximate surface area is 162 Å². The lowest BCUT2D eigenvalue weighted by atomic mass is 10.1. The highest BCUT2D eigenvalue weighted by molar-refractivity contribution is 7.90. The molecule has 0 atom stereocenters. The lowest BCUT2D eigenvalue weighted by Gasteiger charge is -2.09. The molecule has 0 bridgehead atoms. The summed E-state index contributed by atoms with van der Waals surface area (Å²) < 4.78 is 32.4. The molecule has 0 saturated carbocycles. The minimum Gasteiger partial charge on any atom is -0.507 e. The van der Waals surface area contributed by atoms with Crippen molar-refractivity contribution in [1.82, 2.24) is 4.57 Å². The molecule has 0 aliphatic rings. The number of carbonyl (C=O) groups excluding carboxylic acids is 1. The van der Waals surface area contributed by atoms with Crippen molar-refractivity contribution < 1.29 is 23.1 Å². The molecule has 0 aliphatic heterocycles. The number of rotatable bonds is 5. The highest BCUT2D eigenvalue weighted by atomic mass is 32.2. The van der Waals surface area contributed by atoms with Gasteiger partial charge in [-0.05, 0) is 31.2 Å². The summed E-state index contributed by atoms with van der Waals surface area (Å²) >= 11 is 0. The van der Waals surface area contributed by atoms with Gasteiger partial charge in [0.1, 0.15) is 11.8 Å². The van der Waals surface area contributed by atoms with Crippen molar-refractivity contribution in [2.24, 2.45) is 7.05 Å². The predicted molar refractivity (Wildman–Crippen MR) is 103 cm³/mol. The summed E-state index contributed by atoms with van der Waals surface area (Å²) in [6.45, 7) is 1.76. The van der Waals surface area contributed by atoms with Gasteiger partial charge in [0.2, 0.25) is 0 Å². The van der Waals surface area contributed by atoms with Gasteiger partial charge in [0, 0.05) is 18.1 Å². The highest BCUT2D eigenvalue weighted by Crippen LogP contribution is 2.33. The number of hydrogen-bond acceptors (Lipinski definition) is 6. The maximum Gasteiger partial charge on any atom is 0.340 e. The van der Waals surface area contributed by atoms with Gasteiger partial charge in [-0.15, -0.1) is 0 Å². The normalized spacial score (nSPS) is 11.3. The molecule has 8 heteroatoms. The number of phenols is 1. The second kappa shape index (κ2) is 7.37. The number of fused-ring (bicyclic) bond motifs is 1. The number of esters is 1. The first-order valence-corrected chi connectivity index (χ1v) is 10.1. The van der Waals surface area contributed by atoms with Crippen LogP contribution in [0.25, 0.3) is 10.9 Å². The van der Waals surface area contributed by atoms with Crippen LogP contribution in [0.3, 0.4) is 0 Å². The number of carbonyl (C=O) groups is 1. The van der Waals surface area contributed by atoms with Crippen molar-refractivity contribution >= 4 is 26.7 Å². The molecule has 0 amide bonds. The van der Waals surface area contributed by atoms with Crippen molar-refractivity contribution in [1.29, 1.82) is 5.26 Å². The van der Waals surface area contributed by atoms with Gasteiger partial charge in [-0.2, -0.15) is 5.26 Å².